The zero-order chi connectivity index (χ0) is 24.2. The summed E-state index contributed by atoms with van der Waals surface area (Å²) in [4.78, 5) is 63.5. The zero-order valence-corrected chi connectivity index (χ0v) is 18.5. The fraction of sp³-hybridized carbons (Fsp3) is 0.292. The Kier molecular flexibility index (Phi) is 6.58. The van der Waals surface area contributed by atoms with Gasteiger partial charge in [-0.3, -0.25) is 29.1 Å². The maximum Gasteiger partial charge on any atom is 0.273 e. The van der Waals surface area contributed by atoms with Crippen molar-refractivity contribution in [1.29, 1.82) is 0 Å². The van der Waals surface area contributed by atoms with Crippen LogP contribution in [-0.2, 0) is 16.1 Å². The molecule has 1 aromatic heterocycles. The molecule has 1 aliphatic heterocycles. The zero-order valence-electron chi connectivity index (χ0n) is 18.5. The van der Waals surface area contributed by atoms with Crippen molar-refractivity contribution in [2.75, 3.05) is 18.4 Å². The molecule has 3 amide bonds. The summed E-state index contributed by atoms with van der Waals surface area (Å²) >= 11 is 0. The average molecular weight is 463 g/mol. The third-order valence-corrected chi connectivity index (χ3v) is 6.06. The number of carbonyl (C=O) groups excluding carboxylic acids is 3. The Bertz CT molecular complexity index is 1370. The van der Waals surface area contributed by atoms with E-state index in [-0.39, 0.29) is 36.1 Å². The number of piperidine rings is 1. The first kappa shape index (κ1) is 23.0. The van der Waals surface area contributed by atoms with Gasteiger partial charge in [-0.15, -0.1) is 0 Å². The largest absolute Gasteiger partial charge is 0.369 e. The molecule has 1 aliphatic rings. The molecular formula is C24H25N5O5. The number of primary amides is 1. The molecule has 1 fully saturated rings. The van der Waals surface area contributed by atoms with Crippen molar-refractivity contribution < 1.29 is 14.4 Å². The number of anilines is 1. The molecule has 34 heavy (non-hydrogen) atoms. The molecule has 176 valence electrons. The first-order valence-corrected chi connectivity index (χ1v) is 11.0. The highest BCUT2D eigenvalue weighted by atomic mass is 16.2. The third kappa shape index (κ3) is 4.75. The summed E-state index contributed by atoms with van der Waals surface area (Å²) in [6.45, 7) is 0.793. The summed E-state index contributed by atoms with van der Waals surface area (Å²) in [5.74, 6) is -1.24. The number of nitrogens with zero attached hydrogens (tertiary/aromatic N) is 2. The molecule has 3 aromatic rings. The van der Waals surface area contributed by atoms with Crippen LogP contribution in [0.15, 0.2) is 58.1 Å². The van der Waals surface area contributed by atoms with Gasteiger partial charge in [0.15, 0.2) is 0 Å². The Morgan fingerprint density at radius 3 is 2.32 bits per heavy atom. The van der Waals surface area contributed by atoms with Gasteiger partial charge in [-0.2, -0.15) is 0 Å². The van der Waals surface area contributed by atoms with Gasteiger partial charge in [0.1, 0.15) is 0 Å². The lowest BCUT2D eigenvalue weighted by Crippen LogP contribution is -2.42. The van der Waals surface area contributed by atoms with Crippen LogP contribution in [0.5, 0.6) is 0 Å². The van der Waals surface area contributed by atoms with Gasteiger partial charge in [0, 0.05) is 25.4 Å². The van der Waals surface area contributed by atoms with Crippen LogP contribution in [0.1, 0.15) is 29.6 Å². The van der Waals surface area contributed by atoms with E-state index in [1.807, 2.05) is 0 Å². The van der Waals surface area contributed by atoms with Crippen LogP contribution in [-0.4, -0.2) is 45.5 Å². The molecular weight excluding hydrogens is 438 g/mol. The molecule has 10 heteroatoms. The van der Waals surface area contributed by atoms with E-state index in [1.165, 1.54) is 0 Å². The predicted octanol–water partition coefficient (Wildman–Crippen LogP) is 1.06. The number of fused-ring (bicyclic) bond motifs is 1. The molecule has 4 rings (SSSR count). The molecule has 0 atom stereocenters. The van der Waals surface area contributed by atoms with Crippen LogP contribution in [0.4, 0.5) is 5.69 Å². The van der Waals surface area contributed by atoms with E-state index in [9.17, 15) is 24.0 Å². The third-order valence-electron chi connectivity index (χ3n) is 6.06. The van der Waals surface area contributed by atoms with Gasteiger partial charge in [-0.25, -0.2) is 4.68 Å². The highest BCUT2D eigenvalue weighted by molar-refractivity contribution is 6.03. The number of nitrogens with one attached hydrogen (secondary N) is 2. The lowest BCUT2D eigenvalue weighted by molar-refractivity contribution is -0.123. The van der Waals surface area contributed by atoms with Crippen molar-refractivity contribution in [2.24, 2.45) is 11.7 Å². The molecule has 0 spiro atoms. The minimum Gasteiger partial charge on any atom is -0.369 e. The molecule has 0 unspecified atom stereocenters. The summed E-state index contributed by atoms with van der Waals surface area (Å²) in [5, 5.41) is 5.80. The Hall–Kier alpha value is -4.21. The quantitative estimate of drug-likeness (QED) is 0.500. The molecule has 0 radical (unpaired) electrons. The number of hydrogen-bond donors (Lipinski definition) is 3. The molecule has 0 aliphatic carbocycles. The maximum absolute atomic E-state index is 13.0. The standard InChI is InChI=1S/C24H25N5O5/c25-21(31)15-9-12-28(13-10-15)23(33)18-7-3-4-8-19(18)26-20(30)11-14-29-24(34)17-6-2-1-5-16(17)22(32)27-29/h1-8,15H,9-14H2,(H2,25,31)(H,26,30)(H,27,32). The number of nitrogens with two attached hydrogens (primary N) is 1. The number of aromatic amines is 1. The van der Waals surface area contributed by atoms with Crippen molar-refractivity contribution in [3.63, 3.8) is 0 Å². The fourth-order valence-electron chi connectivity index (χ4n) is 4.15. The Balaban J connectivity index is 1.44. The highest BCUT2D eigenvalue weighted by Crippen LogP contribution is 2.22. The maximum atomic E-state index is 13.0. The SMILES string of the molecule is NC(=O)C1CCN(C(=O)c2ccccc2NC(=O)CCn2[nH]c(=O)c3ccccc3c2=O)CC1. The highest BCUT2D eigenvalue weighted by Gasteiger charge is 2.27. The lowest BCUT2D eigenvalue weighted by atomic mass is 9.95. The molecule has 1 saturated heterocycles. The summed E-state index contributed by atoms with van der Waals surface area (Å²) < 4.78 is 1.12. The van der Waals surface area contributed by atoms with Crippen LogP contribution in [0.2, 0.25) is 0 Å². The summed E-state index contributed by atoms with van der Waals surface area (Å²) in [7, 11) is 0. The van der Waals surface area contributed by atoms with E-state index in [2.05, 4.69) is 10.4 Å². The topological polar surface area (TPSA) is 147 Å². The minimum absolute atomic E-state index is 0.0263. The molecule has 10 nitrogen and oxygen atoms in total. The summed E-state index contributed by atoms with van der Waals surface area (Å²) in [6.07, 6.45) is 0.934. The predicted molar refractivity (Wildman–Crippen MR) is 126 cm³/mol. The number of aromatic nitrogens is 2. The fourth-order valence-corrected chi connectivity index (χ4v) is 4.15. The van der Waals surface area contributed by atoms with Crippen molar-refractivity contribution in [3.05, 3.63) is 74.8 Å². The van der Waals surface area contributed by atoms with Crippen LogP contribution >= 0.6 is 0 Å². The van der Waals surface area contributed by atoms with E-state index in [4.69, 9.17) is 5.73 Å². The van der Waals surface area contributed by atoms with E-state index >= 15 is 0 Å². The van der Waals surface area contributed by atoms with E-state index in [1.54, 1.807) is 53.4 Å². The van der Waals surface area contributed by atoms with Gasteiger partial charge in [-0.05, 0) is 37.1 Å². The van der Waals surface area contributed by atoms with Gasteiger partial charge in [0.25, 0.3) is 17.0 Å². The number of H-pyrrole nitrogens is 1. The van der Waals surface area contributed by atoms with Crippen LogP contribution < -0.4 is 22.2 Å². The first-order chi connectivity index (χ1) is 16.3. The van der Waals surface area contributed by atoms with Gasteiger partial charge in [-0.1, -0.05) is 24.3 Å². The van der Waals surface area contributed by atoms with Crippen LogP contribution in [0.3, 0.4) is 0 Å². The molecule has 0 bridgehead atoms. The first-order valence-electron chi connectivity index (χ1n) is 11.0. The minimum atomic E-state index is -0.411. The molecule has 2 aromatic carbocycles. The van der Waals surface area contributed by atoms with Gasteiger partial charge < -0.3 is 16.0 Å². The molecule has 4 N–H and O–H groups in total. The summed E-state index contributed by atoms with van der Waals surface area (Å²) in [6, 6.07) is 13.1. The normalized spacial score (nSPS) is 14.2. The molecule has 2 heterocycles. The second kappa shape index (κ2) is 9.74. The van der Waals surface area contributed by atoms with Crippen molar-refractivity contribution >= 4 is 34.2 Å². The Labute approximate surface area is 194 Å². The monoisotopic (exact) mass is 463 g/mol. The second-order valence-electron chi connectivity index (χ2n) is 8.26. The van der Waals surface area contributed by atoms with Crippen LogP contribution in [0.25, 0.3) is 10.8 Å². The molecule has 0 saturated carbocycles. The summed E-state index contributed by atoms with van der Waals surface area (Å²) in [5.41, 5.74) is 5.26. The number of para-hydroxylation sites is 1. The van der Waals surface area contributed by atoms with E-state index in [0.717, 1.165) is 4.68 Å². The van der Waals surface area contributed by atoms with E-state index in [0.29, 0.717) is 42.6 Å². The Morgan fingerprint density at radius 1 is 0.971 bits per heavy atom. The van der Waals surface area contributed by atoms with Crippen molar-refractivity contribution in [3.8, 4) is 0 Å². The number of hydrogen-bond acceptors (Lipinski definition) is 5. The number of aryl methyl sites for hydroxylation is 1. The van der Waals surface area contributed by atoms with Gasteiger partial charge in [0.2, 0.25) is 11.8 Å². The van der Waals surface area contributed by atoms with E-state index < -0.39 is 17.0 Å². The number of amides is 3. The number of rotatable bonds is 6. The Morgan fingerprint density at radius 2 is 1.62 bits per heavy atom. The van der Waals surface area contributed by atoms with Gasteiger partial charge in [0.05, 0.1) is 28.6 Å². The average Bonchev–Trinajstić information content (AvgIpc) is 2.85. The smallest absolute Gasteiger partial charge is 0.273 e. The van der Waals surface area contributed by atoms with Crippen molar-refractivity contribution in [2.45, 2.75) is 25.8 Å². The lowest BCUT2D eigenvalue weighted by Gasteiger charge is -2.31. The number of benzene rings is 2. The van der Waals surface area contributed by atoms with Crippen molar-refractivity contribution in [1.82, 2.24) is 14.7 Å². The number of carbonyl (C=O) groups is 3. The second-order valence-corrected chi connectivity index (χ2v) is 8.26. The van der Waals surface area contributed by atoms with Crippen LogP contribution in [0, 0.1) is 5.92 Å². The number of likely N-dealkylation sites (tertiary alicyclic amines) is 1. The van der Waals surface area contributed by atoms with Gasteiger partial charge >= 0.3 is 0 Å².